The lowest BCUT2D eigenvalue weighted by atomic mass is 10.0. The quantitative estimate of drug-likeness (QED) is 0.324. The Morgan fingerprint density at radius 2 is 2.56 bits per heavy atom. The van der Waals surface area contributed by atoms with E-state index in [0.717, 1.165) is 19.4 Å². The number of hydrogen-bond donors (Lipinski definition) is 1. The van der Waals surface area contributed by atoms with Gasteiger partial charge in [0, 0.05) is 18.7 Å². The highest BCUT2D eigenvalue weighted by Gasteiger charge is 2.10. The molecular formula is C6H11NO2. The van der Waals surface area contributed by atoms with E-state index in [1.807, 2.05) is 0 Å². The van der Waals surface area contributed by atoms with Gasteiger partial charge in [0.25, 0.3) is 0 Å². The van der Waals surface area contributed by atoms with Crippen LogP contribution in [0.5, 0.6) is 0 Å². The summed E-state index contributed by atoms with van der Waals surface area (Å²) in [5.74, 6) is 0.337. The van der Waals surface area contributed by atoms with Crippen molar-refractivity contribution in [3.8, 4) is 0 Å². The second kappa shape index (κ2) is 3.45. The molecule has 0 aliphatic carbocycles. The van der Waals surface area contributed by atoms with Gasteiger partial charge in [-0.1, -0.05) is 0 Å². The molecular weight excluding hydrogens is 118 g/mol. The van der Waals surface area contributed by atoms with E-state index < -0.39 is 0 Å². The molecule has 1 fully saturated rings. The zero-order valence-electron chi connectivity index (χ0n) is 5.29. The first-order chi connectivity index (χ1) is 4.43. The Balaban J connectivity index is 2.23. The summed E-state index contributed by atoms with van der Waals surface area (Å²) in [7, 11) is 0. The molecule has 0 bridgehead atoms. The van der Waals surface area contributed by atoms with Gasteiger partial charge in [-0.2, -0.15) is 0 Å². The lowest BCUT2D eigenvalue weighted by molar-refractivity contribution is 0.0774. The van der Waals surface area contributed by atoms with Gasteiger partial charge < -0.3 is 9.94 Å². The summed E-state index contributed by atoms with van der Waals surface area (Å²) in [4.78, 5) is 0. The summed E-state index contributed by atoms with van der Waals surface area (Å²) in [5.41, 5.74) is 0. The predicted octanol–water partition coefficient (Wildman–Crippen LogP) is 0.873. The third kappa shape index (κ3) is 2.01. The van der Waals surface area contributed by atoms with Crippen molar-refractivity contribution >= 4 is 6.21 Å². The topological polar surface area (TPSA) is 41.8 Å². The molecule has 3 nitrogen and oxygen atoms in total. The van der Waals surface area contributed by atoms with E-state index in [9.17, 15) is 0 Å². The summed E-state index contributed by atoms with van der Waals surface area (Å²) in [6, 6.07) is 0. The van der Waals surface area contributed by atoms with Gasteiger partial charge in [0.1, 0.15) is 0 Å². The molecule has 0 saturated carbocycles. The van der Waals surface area contributed by atoms with Crippen LogP contribution in [0, 0.1) is 5.92 Å². The van der Waals surface area contributed by atoms with Gasteiger partial charge in [0.2, 0.25) is 0 Å². The molecule has 1 N–H and O–H groups in total. The fourth-order valence-corrected chi connectivity index (χ4v) is 0.977. The molecule has 1 atom stereocenters. The highest BCUT2D eigenvalue weighted by Crippen LogP contribution is 2.10. The van der Waals surface area contributed by atoms with Crippen LogP contribution in [0.2, 0.25) is 0 Å². The van der Waals surface area contributed by atoms with Crippen LogP contribution in [0.25, 0.3) is 0 Å². The van der Waals surface area contributed by atoms with Crippen LogP contribution in [0.1, 0.15) is 12.8 Å². The van der Waals surface area contributed by atoms with Crippen molar-refractivity contribution in [3.05, 3.63) is 0 Å². The van der Waals surface area contributed by atoms with Crippen molar-refractivity contribution in [1.29, 1.82) is 0 Å². The first-order valence-corrected chi connectivity index (χ1v) is 3.19. The predicted molar refractivity (Wildman–Crippen MR) is 33.8 cm³/mol. The lowest BCUT2D eigenvalue weighted by Crippen LogP contribution is -2.17. The zero-order valence-corrected chi connectivity index (χ0v) is 5.29. The van der Waals surface area contributed by atoms with Crippen molar-refractivity contribution < 1.29 is 9.94 Å². The molecule has 0 amide bonds. The lowest BCUT2D eigenvalue weighted by Gasteiger charge is -2.16. The van der Waals surface area contributed by atoms with E-state index in [-0.39, 0.29) is 0 Å². The highest BCUT2D eigenvalue weighted by atomic mass is 16.5. The van der Waals surface area contributed by atoms with E-state index in [2.05, 4.69) is 5.16 Å². The van der Waals surface area contributed by atoms with Crippen LogP contribution in [-0.4, -0.2) is 24.6 Å². The van der Waals surface area contributed by atoms with Crippen LogP contribution < -0.4 is 0 Å². The smallest absolute Gasteiger partial charge is 0.0545 e. The number of rotatable bonds is 1. The van der Waals surface area contributed by atoms with Crippen molar-refractivity contribution in [2.75, 3.05) is 13.2 Å². The number of ether oxygens (including phenoxy) is 1. The first-order valence-electron chi connectivity index (χ1n) is 3.19. The molecule has 1 aliphatic heterocycles. The second-order valence-electron chi connectivity index (χ2n) is 2.24. The molecule has 3 heteroatoms. The molecule has 1 heterocycles. The minimum absolute atomic E-state index is 0.337. The molecule has 0 spiro atoms. The average Bonchev–Trinajstić information content (AvgIpc) is 1.91. The van der Waals surface area contributed by atoms with Gasteiger partial charge in [0.15, 0.2) is 0 Å². The van der Waals surface area contributed by atoms with Gasteiger partial charge in [0.05, 0.1) is 6.61 Å². The van der Waals surface area contributed by atoms with Gasteiger partial charge in [-0.05, 0) is 12.8 Å². The molecule has 0 aromatic carbocycles. The standard InChI is InChI=1S/C6H11NO2/c8-7-4-6-2-1-3-9-5-6/h4,6,8H,1-3,5H2/b7-4+. The van der Waals surface area contributed by atoms with E-state index in [1.54, 1.807) is 6.21 Å². The SMILES string of the molecule is O/N=C/C1CCCOC1. The maximum atomic E-state index is 8.13. The second-order valence-corrected chi connectivity index (χ2v) is 2.24. The molecule has 1 rings (SSSR count). The molecule has 52 valence electrons. The summed E-state index contributed by atoms with van der Waals surface area (Å²) < 4.78 is 5.13. The van der Waals surface area contributed by atoms with Gasteiger partial charge in [-0.25, -0.2) is 0 Å². The maximum absolute atomic E-state index is 8.13. The fraction of sp³-hybridized carbons (Fsp3) is 0.833. The van der Waals surface area contributed by atoms with E-state index in [1.165, 1.54) is 0 Å². The zero-order chi connectivity index (χ0) is 6.53. The first kappa shape index (κ1) is 6.55. The summed E-state index contributed by atoms with van der Waals surface area (Å²) in [6.07, 6.45) is 3.71. The Kier molecular flexibility index (Phi) is 2.51. The van der Waals surface area contributed by atoms with Crippen molar-refractivity contribution in [2.45, 2.75) is 12.8 Å². The third-order valence-electron chi connectivity index (χ3n) is 1.47. The molecule has 9 heavy (non-hydrogen) atoms. The Morgan fingerprint density at radius 1 is 1.67 bits per heavy atom. The highest BCUT2D eigenvalue weighted by molar-refractivity contribution is 5.59. The average molecular weight is 129 g/mol. The molecule has 0 aromatic rings. The van der Waals surface area contributed by atoms with Crippen molar-refractivity contribution in [3.63, 3.8) is 0 Å². The normalized spacial score (nSPS) is 29.1. The fourth-order valence-electron chi connectivity index (χ4n) is 0.977. The molecule has 0 radical (unpaired) electrons. The molecule has 1 unspecified atom stereocenters. The Labute approximate surface area is 54.3 Å². The minimum atomic E-state index is 0.337. The van der Waals surface area contributed by atoms with Crippen LogP contribution in [0.4, 0.5) is 0 Å². The third-order valence-corrected chi connectivity index (χ3v) is 1.47. The Bertz CT molecular complexity index is 97.2. The van der Waals surface area contributed by atoms with E-state index in [0.29, 0.717) is 12.5 Å². The maximum Gasteiger partial charge on any atom is 0.0545 e. The minimum Gasteiger partial charge on any atom is -0.411 e. The monoisotopic (exact) mass is 129 g/mol. The van der Waals surface area contributed by atoms with Gasteiger partial charge in [-0.15, -0.1) is 5.16 Å². The van der Waals surface area contributed by atoms with Crippen LogP contribution >= 0.6 is 0 Å². The largest absolute Gasteiger partial charge is 0.411 e. The molecule has 0 aromatic heterocycles. The van der Waals surface area contributed by atoms with Crippen LogP contribution in [0.15, 0.2) is 5.16 Å². The van der Waals surface area contributed by atoms with Crippen LogP contribution in [-0.2, 0) is 4.74 Å². The van der Waals surface area contributed by atoms with E-state index in [4.69, 9.17) is 9.94 Å². The Hall–Kier alpha value is -0.570. The number of nitrogens with zero attached hydrogens (tertiary/aromatic N) is 1. The molecule has 1 aliphatic rings. The van der Waals surface area contributed by atoms with Crippen LogP contribution in [0.3, 0.4) is 0 Å². The van der Waals surface area contributed by atoms with Crippen molar-refractivity contribution in [2.24, 2.45) is 11.1 Å². The summed E-state index contributed by atoms with van der Waals surface area (Å²) >= 11 is 0. The van der Waals surface area contributed by atoms with Crippen molar-refractivity contribution in [1.82, 2.24) is 0 Å². The Morgan fingerprint density at radius 3 is 3.11 bits per heavy atom. The summed E-state index contributed by atoms with van der Waals surface area (Å²) in [5, 5.41) is 11.1. The number of oxime groups is 1. The van der Waals surface area contributed by atoms with Gasteiger partial charge in [-0.3, -0.25) is 0 Å². The van der Waals surface area contributed by atoms with E-state index >= 15 is 0 Å². The molecule has 1 saturated heterocycles. The summed E-state index contributed by atoms with van der Waals surface area (Å²) in [6.45, 7) is 1.57. The number of hydrogen-bond acceptors (Lipinski definition) is 3. The van der Waals surface area contributed by atoms with Gasteiger partial charge >= 0.3 is 0 Å².